The van der Waals surface area contributed by atoms with Crippen LogP contribution in [0.25, 0.3) is 0 Å². The number of amidine groups is 1. The topological polar surface area (TPSA) is 48.7 Å². The van der Waals surface area contributed by atoms with Crippen LogP contribution >= 0.6 is 27.3 Å². The third kappa shape index (κ3) is 4.78. The maximum absolute atomic E-state index is 13.5. The first-order valence-corrected chi connectivity index (χ1v) is 11.5. The van der Waals surface area contributed by atoms with Crippen LogP contribution in [0.1, 0.15) is 57.1 Å². The van der Waals surface area contributed by atoms with Crippen molar-refractivity contribution in [3.63, 3.8) is 0 Å². The fourth-order valence-corrected chi connectivity index (χ4v) is 4.59. The molecule has 7 heteroatoms. The van der Waals surface area contributed by atoms with Gasteiger partial charge in [-0.25, -0.2) is 9.37 Å². The van der Waals surface area contributed by atoms with Gasteiger partial charge in [0.2, 0.25) is 0 Å². The summed E-state index contributed by atoms with van der Waals surface area (Å²) in [5.74, 6) is 0.480. The molecular weight excluding hydrogens is 453 g/mol. The number of rotatable bonds is 3. The number of hydrogen-bond acceptors (Lipinski definition) is 5. The number of hydrogen-bond donors (Lipinski definition) is 1. The van der Waals surface area contributed by atoms with Crippen LogP contribution in [0.3, 0.4) is 0 Å². The Morgan fingerprint density at radius 2 is 2.03 bits per heavy atom. The molecule has 156 valence electrons. The summed E-state index contributed by atoms with van der Waals surface area (Å²) >= 11 is 4.96. The normalized spacial score (nSPS) is 17.5. The molecule has 1 saturated heterocycles. The van der Waals surface area contributed by atoms with Gasteiger partial charge in [-0.1, -0.05) is 56.3 Å². The van der Waals surface area contributed by atoms with Crippen molar-refractivity contribution in [3.05, 3.63) is 74.2 Å². The van der Waals surface area contributed by atoms with E-state index in [2.05, 4.69) is 32.4 Å². The summed E-state index contributed by atoms with van der Waals surface area (Å²) in [5.41, 5.74) is 2.51. The smallest absolute Gasteiger partial charge is 0.165 e. The summed E-state index contributed by atoms with van der Waals surface area (Å²) in [7, 11) is 0. The molecule has 2 aliphatic heterocycles. The van der Waals surface area contributed by atoms with Crippen molar-refractivity contribution in [1.82, 2.24) is 9.88 Å². The van der Waals surface area contributed by atoms with Gasteiger partial charge in [0.1, 0.15) is 17.6 Å². The average Bonchev–Trinajstić information content (AvgIpc) is 3.42. The molecule has 29 heavy (non-hydrogen) atoms. The van der Waals surface area contributed by atoms with E-state index in [-0.39, 0.29) is 11.6 Å². The maximum Gasteiger partial charge on any atom is 0.165 e. The van der Waals surface area contributed by atoms with Gasteiger partial charge in [0.25, 0.3) is 0 Å². The molecule has 4 nitrogen and oxygen atoms in total. The van der Waals surface area contributed by atoms with Gasteiger partial charge in [0, 0.05) is 33.9 Å². The van der Waals surface area contributed by atoms with Gasteiger partial charge in [-0.2, -0.15) is 0 Å². The molecule has 0 radical (unpaired) electrons. The Morgan fingerprint density at radius 1 is 1.31 bits per heavy atom. The van der Waals surface area contributed by atoms with Crippen molar-refractivity contribution in [3.8, 4) is 0 Å². The molecule has 3 heterocycles. The highest BCUT2D eigenvalue weighted by atomic mass is 79.9. The second-order valence-electron chi connectivity index (χ2n) is 5.92. The summed E-state index contributed by atoms with van der Waals surface area (Å²) < 4.78 is 14.1. The summed E-state index contributed by atoms with van der Waals surface area (Å²) in [6, 6.07) is 4.07. The molecule has 0 saturated carbocycles. The van der Waals surface area contributed by atoms with Crippen molar-refractivity contribution >= 4 is 33.1 Å². The van der Waals surface area contributed by atoms with Crippen LogP contribution in [0.2, 0.25) is 0 Å². The molecule has 0 bridgehead atoms. The highest BCUT2D eigenvalue weighted by Crippen LogP contribution is 2.43. The first-order chi connectivity index (χ1) is 14.1. The van der Waals surface area contributed by atoms with Crippen LogP contribution in [0.4, 0.5) is 4.39 Å². The predicted molar refractivity (Wildman–Crippen MR) is 123 cm³/mol. The second kappa shape index (κ2) is 10.7. The Kier molecular flexibility index (Phi) is 8.59. The van der Waals surface area contributed by atoms with E-state index in [4.69, 9.17) is 4.99 Å². The first kappa shape index (κ1) is 23.3. The fraction of sp³-hybridized carbons (Fsp3) is 0.364. The minimum atomic E-state index is -0.448. The summed E-state index contributed by atoms with van der Waals surface area (Å²) in [6.45, 7) is 12.6. The third-order valence-electron chi connectivity index (χ3n) is 4.40. The number of thiazole rings is 1. The third-order valence-corrected chi connectivity index (χ3v) is 5.86. The van der Waals surface area contributed by atoms with E-state index >= 15 is 0 Å². The zero-order chi connectivity index (χ0) is 21.6. The van der Waals surface area contributed by atoms with Gasteiger partial charge < -0.3 is 10.0 Å². The Morgan fingerprint density at radius 3 is 2.62 bits per heavy atom. The van der Waals surface area contributed by atoms with Gasteiger partial charge in [-0.05, 0) is 30.5 Å². The van der Waals surface area contributed by atoms with Gasteiger partial charge in [-0.15, -0.1) is 11.3 Å². The van der Waals surface area contributed by atoms with Crippen LogP contribution in [0.15, 0.2) is 62.8 Å². The van der Waals surface area contributed by atoms with E-state index in [1.54, 1.807) is 12.3 Å². The maximum atomic E-state index is 13.5. The molecule has 1 atom stereocenters. The summed E-state index contributed by atoms with van der Waals surface area (Å²) in [5, 5.41) is 13.0. The number of aliphatic hydroxyl groups excluding tert-OH is 1. The van der Waals surface area contributed by atoms with Gasteiger partial charge in [0.05, 0.1) is 0 Å². The van der Waals surface area contributed by atoms with E-state index in [0.29, 0.717) is 10.0 Å². The zero-order valence-corrected chi connectivity index (χ0v) is 19.6. The molecule has 1 unspecified atom stereocenters. The molecule has 2 aliphatic rings. The van der Waals surface area contributed by atoms with Crippen LogP contribution in [-0.2, 0) is 0 Å². The Bertz CT molecular complexity index is 909. The summed E-state index contributed by atoms with van der Waals surface area (Å²) in [4.78, 5) is 11.4. The standard InChI is InChI=1S/C18H15BrFN3OS.2C2H6/c1-10(24)15-14-3-2-7-23(14)17(18-21-6-8-25-18)22-16(15)12-5-4-11(20)9-13(12)19;2*1-2/h4-6,8-9,16,24H,1-3,7H2;2*1-2H3. The molecule has 4 rings (SSSR count). The number of allylic oxidation sites excluding steroid dienone is 1. The quantitative estimate of drug-likeness (QED) is 0.481. The van der Waals surface area contributed by atoms with Gasteiger partial charge in [-0.3, -0.25) is 4.99 Å². The molecule has 2 aromatic rings. The fourth-order valence-electron chi connectivity index (χ4n) is 3.38. The number of halogens is 2. The number of nitrogens with zero attached hydrogens (tertiary/aromatic N) is 3. The molecule has 1 aromatic carbocycles. The number of benzene rings is 1. The molecule has 1 aromatic heterocycles. The molecule has 0 spiro atoms. The molecular formula is C22H27BrFN3OS. The first-order valence-electron chi connectivity index (χ1n) is 9.87. The molecule has 1 N–H and O–H groups in total. The van der Waals surface area contributed by atoms with Crippen LogP contribution in [-0.4, -0.2) is 27.4 Å². The Balaban J connectivity index is 0.000000707. The number of aromatic nitrogens is 1. The Hall–Kier alpha value is -1.99. The highest BCUT2D eigenvalue weighted by Gasteiger charge is 2.37. The Labute approximate surface area is 184 Å². The second-order valence-corrected chi connectivity index (χ2v) is 7.67. The molecule has 0 amide bonds. The minimum Gasteiger partial charge on any atom is -0.508 e. The largest absolute Gasteiger partial charge is 0.508 e. The highest BCUT2D eigenvalue weighted by molar-refractivity contribution is 9.10. The lowest BCUT2D eigenvalue weighted by Gasteiger charge is -2.32. The lowest BCUT2D eigenvalue weighted by atomic mass is 9.93. The van der Waals surface area contributed by atoms with Crippen LogP contribution < -0.4 is 0 Å². The zero-order valence-electron chi connectivity index (χ0n) is 17.2. The average molecular weight is 480 g/mol. The van der Waals surface area contributed by atoms with Crippen LogP contribution in [0, 0.1) is 5.82 Å². The van der Waals surface area contributed by atoms with Crippen molar-refractivity contribution in [1.29, 1.82) is 0 Å². The van der Waals surface area contributed by atoms with E-state index < -0.39 is 6.04 Å². The van der Waals surface area contributed by atoms with Crippen LogP contribution in [0.5, 0.6) is 0 Å². The van der Waals surface area contributed by atoms with Gasteiger partial charge in [0.15, 0.2) is 10.8 Å². The van der Waals surface area contributed by atoms with Crippen molar-refractivity contribution in [2.24, 2.45) is 4.99 Å². The number of aliphatic hydroxyl groups is 1. The number of fused-ring (bicyclic) bond motifs is 1. The van der Waals surface area contributed by atoms with Crippen molar-refractivity contribution < 1.29 is 9.50 Å². The lowest BCUT2D eigenvalue weighted by molar-refractivity contribution is 0.406. The molecule has 1 fully saturated rings. The van der Waals surface area contributed by atoms with Gasteiger partial charge >= 0.3 is 0 Å². The lowest BCUT2D eigenvalue weighted by Crippen LogP contribution is -2.33. The van der Waals surface area contributed by atoms with Crippen molar-refractivity contribution in [2.45, 2.75) is 46.6 Å². The molecule has 0 aliphatic carbocycles. The number of aliphatic imine (C=N–C) groups is 1. The van der Waals surface area contributed by atoms with Crippen molar-refractivity contribution in [2.75, 3.05) is 6.54 Å². The van der Waals surface area contributed by atoms with E-state index in [1.165, 1.54) is 23.5 Å². The predicted octanol–water partition coefficient (Wildman–Crippen LogP) is 7.02. The summed E-state index contributed by atoms with van der Waals surface area (Å²) in [6.07, 6.45) is 3.58. The monoisotopic (exact) mass is 479 g/mol. The minimum absolute atomic E-state index is 0.00469. The van der Waals surface area contributed by atoms with E-state index in [9.17, 15) is 9.50 Å². The SMILES string of the molecule is C=C(O)C1=C2CCCN2C(c2nccs2)=NC1c1ccc(F)cc1Br.CC.CC. The van der Waals surface area contributed by atoms with E-state index in [0.717, 1.165) is 41.5 Å². The van der Waals surface area contributed by atoms with E-state index in [1.807, 2.05) is 33.1 Å².